The van der Waals surface area contributed by atoms with Crippen LogP contribution < -0.4 is 11.1 Å². The molecule has 1 heterocycles. The van der Waals surface area contributed by atoms with Gasteiger partial charge in [-0.15, -0.1) is 0 Å². The monoisotopic (exact) mass is 261 g/mol. The first-order valence-corrected chi connectivity index (χ1v) is 5.52. The maximum Gasteiger partial charge on any atom is 0.433 e. The number of hydrogen-bond donors (Lipinski definition) is 2. The van der Waals surface area contributed by atoms with Crippen LogP contribution in [0.2, 0.25) is 0 Å². The topological polar surface area (TPSA) is 60.2 Å². The maximum atomic E-state index is 12.5. The van der Waals surface area contributed by atoms with Gasteiger partial charge in [0.05, 0.1) is 23.7 Å². The molecule has 2 rings (SSSR count). The number of halogens is 3. The predicted octanol–water partition coefficient (Wildman–Crippen LogP) is 2.27. The van der Waals surface area contributed by atoms with Gasteiger partial charge in [0.2, 0.25) is 0 Å². The number of ether oxygens (including phenoxy) is 1. The molecule has 100 valence electrons. The van der Waals surface area contributed by atoms with Crippen LogP contribution in [0.3, 0.4) is 0 Å². The fraction of sp³-hybridized carbons (Fsp3) is 0.545. The smallest absolute Gasteiger partial charge is 0.396 e. The maximum absolute atomic E-state index is 12.5. The molecular formula is C11H14F3N3O. The first kappa shape index (κ1) is 12.9. The van der Waals surface area contributed by atoms with Crippen molar-refractivity contribution < 1.29 is 17.9 Å². The summed E-state index contributed by atoms with van der Waals surface area (Å²) in [6, 6.07) is 1.04. The Kier molecular flexibility index (Phi) is 3.34. The third-order valence-corrected chi connectivity index (χ3v) is 3.01. The molecule has 1 fully saturated rings. The first-order chi connectivity index (χ1) is 8.40. The Bertz CT molecular complexity index is 430. The average Bonchev–Trinajstić information content (AvgIpc) is 2.23. The van der Waals surface area contributed by atoms with Crippen molar-refractivity contribution in [3.63, 3.8) is 0 Å². The molecule has 0 saturated heterocycles. The van der Waals surface area contributed by atoms with Crippen molar-refractivity contribution in [1.82, 2.24) is 4.98 Å². The summed E-state index contributed by atoms with van der Waals surface area (Å²) in [4.78, 5) is 3.28. The summed E-state index contributed by atoms with van der Waals surface area (Å²) in [5.41, 5.74) is 5.15. The molecule has 7 heteroatoms. The van der Waals surface area contributed by atoms with Crippen molar-refractivity contribution >= 4 is 11.4 Å². The van der Waals surface area contributed by atoms with Crippen molar-refractivity contribution in [2.75, 3.05) is 18.2 Å². The SMILES string of the molecule is COC1CC(Nc2cc(C(F)(F)F)ncc2N)C1. The highest BCUT2D eigenvalue weighted by atomic mass is 19.4. The molecule has 1 aliphatic rings. The fourth-order valence-corrected chi connectivity index (χ4v) is 1.84. The normalized spacial score (nSPS) is 23.6. The Hall–Kier alpha value is -1.50. The fourth-order valence-electron chi connectivity index (χ4n) is 1.84. The summed E-state index contributed by atoms with van der Waals surface area (Å²) < 4.78 is 42.6. The highest BCUT2D eigenvalue weighted by molar-refractivity contribution is 5.66. The quantitative estimate of drug-likeness (QED) is 0.876. The zero-order valence-electron chi connectivity index (χ0n) is 9.79. The zero-order chi connectivity index (χ0) is 13.3. The van der Waals surface area contributed by atoms with E-state index in [9.17, 15) is 13.2 Å². The second-order valence-electron chi connectivity index (χ2n) is 4.32. The predicted molar refractivity (Wildman–Crippen MR) is 61.1 cm³/mol. The highest BCUT2D eigenvalue weighted by Crippen LogP contribution is 2.33. The van der Waals surface area contributed by atoms with Crippen LogP contribution in [-0.2, 0) is 10.9 Å². The molecule has 0 aliphatic heterocycles. The van der Waals surface area contributed by atoms with Gasteiger partial charge < -0.3 is 15.8 Å². The number of nitrogens with two attached hydrogens (primary N) is 1. The molecule has 1 aromatic heterocycles. The van der Waals surface area contributed by atoms with Crippen LogP contribution in [0.15, 0.2) is 12.3 Å². The molecule has 4 nitrogen and oxygen atoms in total. The summed E-state index contributed by atoms with van der Waals surface area (Å²) in [6.45, 7) is 0. The van der Waals surface area contributed by atoms with E-state index in [0.29, 0.717) is 0 Å². The molecule has 0 aromatic carbocycles. The molecular weight excluding hydrogens is 247 g/mol. The van der Waals surface area contributed by atoms with Crippen molar-refractivity contribution in [2.24, 2.45) is 0 Å². The number of nitrogen functional groups attached to an aromatic ring is 1. The number of aromatic nitrogens is 1. The van der Waals surface area contributed by atoms with Gasteiger partial charge in [-0.25, -0.2) is 4.98 Å². The Morgan fingerprint density at radius 2 is 2.11 bits per heavy atom. The minimum Gasteiger partial charge on any atom is -0.396 e. The van der Waals surface area contributed by atoms with Crippen LogP contribution in [0.25, 0.3) is 0 Å². The number of hydrogen-bond acceptors (Lipinski definition) is 4. The third-order valence-electron chi connectivity index (χ3n) is 3.01. The minimum atomic E-state index is -4.46. The highest BCUT2D eigenvalue weighted by Gasteiger charge is 2.34. The van der Waals surface area contributed by atoms with Crippen molar-refractivity contribution in [1.29, 1.82) is 0 Å². The lowest BCUT2D eigenvalue weighted by Gasteiger charge is -2.35. The lowest BCUT2D eigenvalue weighted by molar-refractivity contribution is -0.141. The number of anilines is 2. The Balaban J connectivity index is 2.08. The van der Waals surface area contributed by atoms with Crippen LogP contribution in [0, 0.1) is 0 Å². The van der Waals surface area contributed by atoms with E-state index in [1.165, 1.54) is 0 Å². The van der Waals surface area contributed by atoms with Gasteiger partial charge in [0.25, 0.3) is 0 Å². The van der Waals surface area contributed by atoms with Gasteiger partial charge in [0.15, 0.2) is 0 Å². The minimum absolute atomic E-state index is 0.0979. The number of pyridine rings is 1. The van der Waals surface area contributed by atoms with E-state index in [0.717, 1.165) is 25.1 Å². The van der Waals surface area contributed by atoms with Crippen molar-refractivity contribution in [3.05, 3.63) is 18.0 Å². The summed E-state index contributed by atoms with van der Waals surface area (Å²) in [5, 5.41) is 2.98. The molecule has 0 unspecified atom stereocenters. The van der Waals surface area contributed by atoms with E-state index in [1.54, 1.807) is 7.11 Å². The first-order valence-electron chi connectivity index (χ1n) is 5.52. The largest absolute Gasteiger partial charge is 0.433 e. The van der Waals surface area contributed by atoms with Crippen LogP contribution >= 0.6 is 0 Å². The number of rotatable bonds is 3. The van der Waals surface area contributed by atoms with E-state index in [1.807, 2.05) is 0 Å². The van der Waals surface area contributed by atoms with E-state index in [2.05, 4.69) is 10.3 Å². The molecule has 0 radical (unpaired) electrons. The summed E-state index contributed by atoms with van der Waals surface area (Å²) in [6.07, 6.45) is -1.73. The average molecular weight is 261 g/mol. The summed E-state index contributed by atoms with van der Waals surface area (Å²) >= 11 is 0. The lowest BCUT2D eigenvalue weighted by Crippen LogP contribution is -2.40. The molecule has 1 aromatic rings. The van der Waals surface area contributed by atoms with Crippen LogP contribution in [0.5, 0.6) is 0 Å². The lowest BCUT2D eigenvalue weighted by atomic mass is 9.89. The van der Waals surface area contributed by atoms with Gasteiger partial charge in [-0.1, -0.05) is 0 Å². The molecule has 1 saturated carbocycles. The third kappa shape index (κ3) is 2.66. The van der Waals surface area contributed by atoms with Crippen LogP contribution in [-0.4, -0.2) is 24.2 Å². The number of nitrogens with one attached hydrogen (secondary N) is 1. The van der Waals surface area contributed by atoms with Gasteiger partial charge in [-0.05, 0) is 18.9 Å². The number of methoxy groups -OCH3 is 1. The van der Waals surface area contributed by atoms with Gasteiger partial charge >= 0.3 is 6.18 Å². The number of alkyl halides is 3. The van der Waals surface area contributed by atoms with Crippen LogP contribution in [0.4, 0.5) is 24.5 Å². The molecule has 1 aliphatic carbocycles. The molecule has 3 N–H and O–H groups in total. The van der Waals surface area contributed by atoms with E-state index in [4.69, 9.17) is 10.5 Å². The molecule has 0 bridgehead atoms. The van der Waals surface area contributed by atoms with Gasteiger partial charge in [0, 0.05) is 13.2 Å². The second kappa shape index (κ2) is 4.64. The molecule has 0 spiro atoms. The Labute approximate surface area is 102 Å². The van der Waals surface area contributed by atoms with Gasteiger partial charge in [0.1, 0.15) is 5.69 Å². The summed E-state index contributed by atoms with van der Waals surface area (Å²) in [5.74, 6) is 0. The van der Waals surface area contributed by atoms with Gasteiger partial charge in [-0.2, -0.15) is 13.2 Å². The molecule has 18 heavy (non-hydrogen) atoms. The van der Waals surface area contributed by atoms with Crippen molar-refractivity contribution in [3.8, 4) is 0 Å². The standard InChI is InChI=1S/C11H14F3N3O/c1-18-7-2-6(3-7)17-9-4-10(11(12,13)14)16-5-8(9)15/h4-7H,2-3,15H2,1H3,(H,16,17). The zero-order valence-corrected chi connectivity index (χ0v) is 9.79. The van der Waals surface area contributed by atoms with Crippen LogP contribution in [0.1, 0.15) is 18.5 Å². The Morgan fingerprint density at radius 1 is 1.44 bits per heavy atom. The van der Waals surface area contributed by atoms with E-state index >= 15 is 0 Å². The second-order valence-corrected chi connectivity index (χ2v) is 4.32. The summed E-state index contributed by atoms with van der Waals surface area (Å²) in [7, 11) is 1.61. The molecule has 0 amide bonds. The Morgan fingerprint density at radius 3 is 2.67 bits per heavy atom. The van der Waals surface area contributed by atoms with Gasteiger partial charge in [-0.3, -0.25) is 0 Å². The van der Waals surface area contributed by atoms with Crippen molar-refractivity contribution in [2.45, 2.75) is 31.2 Å². The molecule has 0 atom stereocenters. The van der Waals surface area contributed by atoms with E-state index in [-0.39, 0.29) is 23.5 Å². The number of nitrogens with zero attached hydrogens (tertiary/aromatic N) is 1. The van der Waals surface area contributed by atoms with E-state index < -0.39 is 11.9 Å².